The number of carbonyl (C=O) groups is 1. The first-order valence-electron chi connectivity index (χ1n) is 9.66. The zero-order chi connectivity index (χ0) is 19.3. The lowest BCUT2D eigenvalue weighted by atomic mass is 9.90. The van der Waals surface area contributed by atoms with Crippen LogP contribution in [0.1, 0.15) is 36.6 Å². The number of aromatic nitrogens is 1. The van der Waals surface area contributed by atoms with Crippen molar-refractivity contribution in [3.8, 4) is 5.75 Å². The fraction of sp³-hybridized carbons (Fsp3) is 0.455. The molecule has 5 nitrogen and oxygen atoms in total. The summed E-state index contributed by atoms with van der Waals surface area (Å²) < 4.78 is 6.27. The number of amides is 1. The molecule has 1 saturated heterocycles. The number of pyridine rings is 1. The van der Waals surface area contributed by atoms with Gasteiger partial charge in [-0.15, -0.1) is 0 Å². The van der Waals surface area contributed by atoms with E-state index in [2.05, 4.69) is 15.6 Å². The van der Waals surface area contributed by atoms with Gasteiger partial charge in [0.1, 0.15) is 5.75 Å². The largest absolute Gasteiger partial charge is 0.477 e. The van der Waals surface area contributed by atoms with Gasteiger partial charge in [-0.25, -0.2) is 0 Å². The van der Waals surface area contributed by atoms with E-state index in [-0.39, 0.29) is 11.9 Å². The van der Waals surface area contributed by atoms with Gasteiger partial charge in [-0.1, -0.05) is 23.8 Å². The second-order valence-corrected chi connectivity index (χ2v) is 7.51. The molecule has 1 atom stereocenters. The molecule has 0 bridgehead atoms. The number of nitrogens with one attached hydrogen (secondary N) is 2. The van der Waals surface area contributed by atoms with Gasteiger partial charge in [0.25, 0.3) is 5.91 Å². The number of hydrogen-bond acceptors (Lipinski definition) is 4. The van der Waals surface area contributed by atoms with Crippen molar-refractivity contribution in [2.75, 3.05) is 13.1 Å². The first kappa shape index (κ1) is 19.4. The summed E-state index contributed by atoms with van der Waals surface area (Å²) in [4.78, 5) is 17.6. The van der Waals surface area contributed by atoms with Crippen LogP contribution in [0.4, 0.5) is 0 Å². The Morgan fingerprint density at radius 1 is 1.22 bits per heavy atom. The van der Waals surface area contributed by atoms with Crippen molar-refractivity contribution in [3.63, 3.8) is 0 Å². The van der Waals surface area contributed by atoms with Gasteiger partial charge in [0.15, 0.2) is 5.60 Å². The van der Waals surface area contributed by atoms with Crippen molar-refractivity contribution < 1.29 is 9.53 Å². The highest BCUT2D eigenvalue weighted by Crippen LogP contribution is 2.27. The average molecular weight is 367 g/mol. The topological polar surface area (TPSA) is 63.2 Å². The molecule has 0 aliphatic carbocycles. The molecule has 0 saturated carbocycles. The first-order chi connectivity index (χ1) is 13.0. The molecule has 1 fully saturated rings. The smallest absolute Gasteiger partial charge is 0.264 e. The van der Waals surface area contributed by atoms with E-state index < -0.39 is 5.60 Å². The van der Waals surface area contributed by atoms with Gasteiger partial charge in [0.05, 0.1) is 0 Å². The van der Waals surface area contributed by atoms with Gasteiger partial charge < -0.3 is 15.4 Å². The van der Waals surface area contributed by atoms with E-state index in [9.17, 15) is 4.79 Å². The summed E-state index contributed by atoms with van der Waals surface area (Å²) >= 11 is 0. The highest BCUT2D eigenvalue weighted by Gasteiger charge is 2.42. The van der Waals surface area contributed by atoms with Crippen LogP contribution in [0.15, 0.2) is 42.6 Å². The Labute approximate surface area is 161 Å². The molecule has 2 N–H and O–H groups in total. The van der Waals surface area contributed by atoms with Gasteiger partial charge in [-0.05, 0) is 57.6 Å². The summed E-state index contributed by atoms with van der Waals surface area (Å²) in [6, 6.07) is 11.9. The molecule has 0 radical (unpaired) electrons. The molecule has 2 aromatic rings. The van der Waals surface area contributed by atoms with Crippen molar-refractivity contribution in [3.05, 3.63) is 59.4 Å². The summed E-state index contributed by atoms with van der Waals surface area (Å²) in [5, 5.41) is 6.49. The monoisotopic (exact) mass is 367 g/mol. The van der Waals surface area contributed by atoms with Gasteiger partial charge in [0.2, 0.25) is 0 Å². The van der Waals surface area contributed by atoms with E-state index in [0.717, 1.165) is 30.1 Å². The Kier molecular flexibility index (Phi) is 6.11. The normalized spacial score (nSPS) is 17.1. The maximum Gasteiger partial charge on any atom is 0.264 e. The van der Waals surface area contributed by atoms with Crippen LogP contribution in [-0.2, 0) is 11.2 Å². The van der Waals surface area contributed by atoms with Crippen LogP contribution >= 0.6 is 0 Å². The summed E-state index contributed by atoms with van der Waals surface area (Å²) in [5.74, 6) is 0.705. The molecule has 1 aliphatic heterocycles. The molecule has 3 rings (SSSR count). The number of rotatable bonds is 6. The van der Waals surface area contributed by atoms with Crippen LogP contribution < -0.4 is 15.4 Å². The minimum atomic E-state index is -0.825. The number of benzene rings is 1. The van der Waals surface area contributed by atoms with Crippen molar-refractivity contribution in [2.45, 2.75) is 51.7 Å². The van der Waals surface area contributed by atoms with Crippen LogP contribution in [0.25, 0.3) is 0 Å². The first-order valence-corrected chi connectivity index (χ1v) is 9.66. The van der Waals surface area contributed by atoms with Crippen LogP contribution in [0.5, 0.6) is 5.75 Å². The molecule has 144 valence electrons. The summed E-state index contributed by atoms with van der Waals surface area (Å²) in [7, 11) is 0. The van der Waals surface area contributed by atoms with E-state index in [4.69, 9.17) is 4.74 Å². The van der Waals surface area contributed by atoms with Gasteiger partial charge >= 0.3 is 0 Å². The van der Waals surface area contributed by atoms with Gasteiger partial charge in [0, 0.05) is 37.2 Å². The Morgan fingerprint density at radius 2 is 1.93 bits per heavy atom. The van der Waals surface area contributed by atoms with Crippen molar-refractivity contribution in [2.24, 2.45) is 0 Å². The Morgan fingerprint density at radius 3 is 2.59 bits per heavy atom. The minimum Gasteiger partial charge on any atom is -0.477 e. The van der Waals surface area contributed by atoms with E-state index in [0.29, 0.717) is 19.3 Å². The summed E-state index contributed by atoms with van der Waals surface area (Å²) in [5.41, 5.74) is 2.51. The third kappa shape index (κ3) is 4.86. The second-order valence-electron chi connectivity index (χ2n) is 7.51. The Bertz CT molecular complexity index is 767. The minimum absolute atomic E-state index is 0.0144. The SMILES string of the molecule is Cc1ccc(OC2(C(=O)N[C@H](C)Cc3ncccc3C)CCNCC2)cc1. The molecule has 27 heavy (non-hydrogen) atoms. The number of aryl methyl sites for hydroxylation is 2. The summed E-state index contributed by atoms with van der Waals surface area (Å²) in [6.07, 6.45) is 3.81. The van der Waals surface area contributed by atoms with Crippen molar-refractivity contribution in [1.82, 2.24) is 15.6 Å². The fourth-order valence-corrected chi connectivity index (χ4v) is 3.47. The molecule has 1 amide bonds. The Hall–Kier alpha value is -2.40. The zero-order valence-electron chi connectivity index (χ0n) is 16.4. The predicted octanol–water partition coefficient (Wildman–Crippen LogP) is 2.95. The van der Waals surface area contributed by atoms with Crippen LogP contribution in [0, 0.1) is 13.8 Å². The fourth-order valence-electron chi connectivity index (χ4n) is 3.47. The van der Waals surface area contributed by atoms with Crippen molar-refractivity contribution >= 4 is 5.91 Å². The second kappa shape index (κ2) is 8.53. The number of piperidine rings is 1. The molecule has 1 aliphatic rings. The van der Waals surface area contributed by atoms with Crippen LogP contribution in [0.2, 0.25) is 0 Å². The number of ether oxygens (including phenoxy) is 1. The number of nitrogens with zero attached hydrogens (tertiary/aromatic N) is 1. The lowest BCUT2D eigenvalue weighted by Crippen LogP contribution is -2.58. The highest BCUT2D eigenvalue weighted by atomic mass is 16.5. The molecular formula is C22H29N3O2. The Balaban J connectivity index is 1.71. The molecule has 5 heteroatoms. The standard InChI is InChI=1S/C22H29N3O2/c1-16-6-8-19(9-7-16)27-22(10-13-23-14-11-22)21(26)25-18(3)15-20-17(2)5-4-12-24-20/h4-9,12,18,23H,10-11,13-15H2,1-3H3,(H,25,26)/t18-/m1/s1. The quantitative estimate of drug-likeness (QED) is 0.824. The number of hydrogen-bond donors (Lipinski definition) is 2. The zero-order valence-corrected chi connectivity index (χ0v) is 16.4. The summed E-state index contributed by atoms with van der Waals surface area (Å²) in [6.45, 7) is 7.65. The van der Waals surface area contributed by atoms with Crippen LogP contribution in [-0.4, -0.2) is 35.6 Å². The van der Waals surface area contributed by atoms with E-state index in [1.807, 2.05) is 57.2 Å². The third-order valence-electron chi connectivity index (χ3n) is 5.15. The maximum atomic E-state index is 13.2. The number of carbonyl (C=O) groups excluding carboxylic acids is 1. The van der Waals surface area contributed by atoms with E-state index >= 15 is 0 Å². The molecule has 1 aromatic heterocycles. The van der Waals surface area contributed by atoms with E-state index in [1.165, 1.54) is 5.56 Å². The molecule has 2 heterocycles. The molecular weight excluding hydrogens is 338 g/mol. The van der Waals surface area contributed by atoms with Crippen LogP contribution in [0.3, 0.4) is 0 Å². The maximum absolute atomic E-state index is 13.2. The van der Waals surface area contributed by atoms with Crippen molar-refractivity contribution in [1.29, 1.82) is 0 Å². The predicted molar refractivity (Wildman–Crippen MR) is 107 cm³/mol. The molecule has 0 spiro atoms. The lowest BCUT2D eigenvalue weighted by molar-refractivity contribution is -0.139. The van der Waals surface area contributed by atoms with Gasteiger partial charge in [-0.2, -0.15) is 0 Å². The van der Waals surface area contributed by atoms with E-state index in [1.54, 1.807) is 6.20 Å². The highest BCUT2D eigenvalue weighted by molar-refractivity contribution is 5.86. The average Bonchev–Trinajstić information content (AvgIpc) is 2.66. The third-order valence-corrected chi connectivity index (χ3v) is 5.15. The molecule has 1 aromatic carbocycles. The van der Waals surface area contributed by atoms with Gasteiger partial charge in [-0.3, -0.25) is 9.78 Å². The molecule has 0 unspecified atom stereocenters. The lowest BCUT2D eigenvalue weighted by Gasteiger charge is -2.37.